The van der Waals surface area contributed by atoms with E-state index < -0.39 is 12.0 Å². The predicted octanol–water partition coefficient (Wildman–Crippen LogP) is -0.890. The van der Waals surface area contributed by atoms with Gasteiger partial charge in [-0.25, -0.2) is 0 Å². The van der Waals surface area contributed by atoms with Crippen molar-refractivity contribution >= 4 is 5.97 Å². The predicted molar refractivity (Wildman–Crippen MR) is 32.4 cm³/mol. The summed E-state index contributed by atoms with van der Waals surface area (Å²) < 4.78 is 13.5. The van der Waals surface area contributed by atoms with Gasteiger partial charge in [-0.1, -0.05) is 13.8 Å². The molecular weight excluding hydrogens is 118 g/mol. The minimum atomic E-state index is -1.36. The van der Waals surface area contributed by atoms with Gasteiger partial charge >= 0.3 is 0 Å². The second-order valence-corrected chi connectivity index (χ2v) is 2.46. The summed E-state index contributed by atoms with van der Waals surface area (Å²) >= 11 is 0. The number of carboxylic acids is 1. The highest BCUT2D eigenvalue weighted by Gasteiger charge is 2.04. The summed E-state index contributed by atoms with van der Waals surface area (Å²) in [6.45, 7) is 3.67. The fraction of sp³-hybridized carbons (Fsp3) is 0.833. The van der Waals surface area contributed by atoms with Crippen molar-refractivity contribution in [1.82, 2.24) is 0 Å². The fourth-order valence-electron chi connectivity index (χ4n) is 0.543. The summed E-state index contributed by atoms with van der Waals surface area (Å²) in [6.07, 6.45) is 0.273. The molecule has 0 heterocycles. The van der Waals surface area contributed by atoms with Crippen LogP contribution in [0.15, 0.2) is 0 Å². The lowest BCUT2D eigenvalue weighted by Crippen LogP contribution is -2.42. The smallest absolute Gasteiger partial charge is 0.119 e. The van der Waals surface area contributed by atoms with Crippen LogP contribution in [-0.4, -0.2) is 12.0 Å². The van der Waals surface area contributed by atoms with E-state index in [-0.39, 0.29) is 18.1 Å². The first-order valence-electron chi connectivity index (χ1n) is 3.82. The third-order valence-corrected chi connectivity index (χ3v) is 0.967. The van der Waals surface area contributed by atoms with Crippen LogP contribution in [0.25, 0.3) is 0 Å². The van der Waals surface area contributed by atoms with Crippen LogP contribution in [0.4, 0.5) is 0 Å². The van der Waals surface area contributed by atoms with E-state index >= 15 is 0 Å². The van der Waals surface area contributed by atoms with Crippen LogP contribution in [0.3, 0.4) is 0 Å². The molecule has 0 spiro atoms. The summed E-state index contributed by atoms with van der Waals surface area (Å²) in [4.78, 5) is 10.3. The standard InChI is InChI=1S/C6H13NO2/c1-4(2)3-5(7)6(8)9/h4-5H,3,7H2,1-2H3,(H,8,9)/p-1/t5-/m0/s1/i/hD2. The highest BCUT2D eigenvalue weighted by atomic mass is 16.4. The molecule has 0 bridgehead atoms. The molecule has 0 aromatic heterocycles. The Balaban J connectivity index is 4.01. The van der Waals surface area contributed by atoms with E-state index in [1.54, 1.807) is 0 Å². The number of hydrogen-bond donors (Lipinski definition) is 1. The number of carbonyl (C=O) groups is 1. The van der Waals surface area contributed by atoms with Crippen molar-refractivity contribution in [2.24, 2.45) is 11.6 Å². The molecule has 0 aliphatic rings. The molecule has 0 aromatic carbocycles. The Labute approximate surface area is 57.8 Å². The molecule has 0 rings (SSSR count). The minimum absolute atomic E-state index is 0.149. The number of carboxylic acid groups (broad SMARTS) is 1. The summed E-state index contributed by atoms with van der Waals surface area (Å²) in [5.41, 5.74) is 0.176. The number of hydrogen-bond acceptors (Lipinski definition) is 3. The molecule has 0 aliphatic carbocycles. The van der Waals surface area contributed by atoms with Crippen molar-refractivity contribution < 1.29 is 12.7 Å². The van der Waals surface area contributed by atoms with Gasteiger partial charge in [-0.15, -0.1) is 0 Å². The first-order valence-corrected chi connectivity index (χ1v) is 2.93. The van der Waals surface area contributed by atoms with Crippen molar-refractivity contribution in [3.63, 3.8) is 0 Å². The molecule has 2 N–H and O–H groups in total. The molecule has 0 unspecified atom stereocenters. The Hall–Kier alpha value is -0.570. The number of nitrogens with two attached hydrogens (primary N) is 1. The van der Waals surface area contributed by atoms with E-state index in [9.17, 15) is 9.90 Å². The third kappa shape index (κ3) is 3.97. The van der Waals surface area contributed by atoms with Gasteiger partial charge in [-0.2, -0.15) is 0 Å². The van der Waals surface area contributed by atoms with E-state index in [0.717, 1.165) is 0 Å². The van der Waals surface area contributed by atoms with Gasteiger partial charge < -0.3 is 15.6 Å². The number of carbonyl (C=O) groups excluding carboxylic acids is 1. The van der Waals surface area contributed by atoms with Crippen LogP contribution in [0, 0.1) is 5.92 Å². The van der Waals surface area contributed by atoms with Gasteiger partial charge in [0.1, 0.15) is 2.82 Å². The van der Waals surface area contributed by atoms with Gasteiger partial charge in [0.2, 0.25) is 0 Å². The van der Waals surface area contributed by atoms with Crippen molar-refractivity contribution in [1.29, 1.82) is 0 Å². The topological polar surface area (TPSA) is 66.2 Å². The van der Waals surface area contributed by atoms with Gasteiger partial charge in [-0.3, -0.25) is 0 Å². The Morgan fingerprint density at radius 3 is 2.56 bits per heavy atom. The zero-order valence-corrected chi connectivity index (χ0v) is 5.63. The number of aliphatic carboxylic acids is 1. The zero-order chi connectivity index (χ0) is 9.02. The maximum Gasteiger partial charge on any atom is 0.119 e. The zero-order valence-electron chi connectivity index (χ0n) is 7.63. The summed E-state index contributed by atoms with van der Waals surface area (Å²) in [6, 6.07) is -1.12. The van der Waals surface area contributed by atoms with Crippen molar-refractivity contribution in [3.05, 3.63) is 0 Å². The highest BCUT2D eigenvalue weighted by molar-refractivity contribution is 5.70. The van der Waals surface area contributed by atoms with Crippen LogP contribution < -0.4 is 10.8 Å². The van der Waals surface area contributed by atoms with Gasteiger partial charge in [0.15, 0.2) is 0 Å². The Morgan fingerprint density at radius 2 is 2.44 bits per heavy atom. The van der Waals surface area contributed by atoms with E-state index in [0.29, 0.717) is 0 Å². The summed E-state index contributed by atoms with van der Waals surface area (Å²) in [5, 5.41) is 10.3. The average Bonchev–Trinajstić information content (AvgIpc) is 1.81. The maximum atomic E-state index is 10.3. The molecule has 0 aliphatic heterocycles. The Bertz CT molecular complexity index is 139. The van der Waals surface area contributed by atoms with Crippen LogP contribution in [0.1, 0.15) is 20.3 Å². The van der Waals surface area contributed by atoms with Crippen molar-refractivity contribution in [2.45, 2.75) is 26.3 Å². The van der Waals surface area contributed by atoms with Gasteiger partial charge in [0.25, 0.3) is 0 Å². The summed E-state index contributed by atoms with van der Waals surface area (Å²) in [5.74, 6) is -1.21. The largest absolute Gasteiger partial charge is 0.548 e. The maximum absolute atomic E-state index is 10.3. The molecule has 54 valence electrons. The lowest BCUT2D eigenvalue weighted by atomic mass is 10.1. The molecule has 0 saturated heterocycles. The molecule has 3 nitrogen and oxygen atoms in total. The summed E-state index contributed by atoms with van der Waals surface area (Å²) in [7, 11) is 0. The monoisotopic (exact) mass is 132 g/mol. The highest BCUT2D eigenvalue weighted by Crippen LogP contribution is 2.00. The first-order chi connectivity index (χ1) is 4.95. The second kappa shape index (κ2) is 3.45. The van der Waals surface area contributed by atoms with Crippen molar-refractivity contribution in [2.75, 3.05) is 0 Å². The normalized spacial score (nSPS) is 17.3. The van der Waals surface area contributed by atoms with E-state index in [4.69, 9.17) is 2.82 Å². The van der Waals surface area contributed by atoms with Crippen LogP contribution in [0.5, 0.6) is 0 Å². The second-order valence-electron chi connectivity index (χ2n) is 2.46. The van der Waals surface area contributed by atoms with Crippen molar-refractivity contribution in [3.8, 4) is 0 Å². The van der Waals surface area contributed by atoms with Crippen LogP contribution in [0.2, 0.25) is 2.82 Å². The molecule has 1 atom stereocenters. The molecule has 0 radical (unpaired) electrons. The van der Waals surface area contributed by atoms with E-state index in [2.05, 4.69) is 0 Å². The average molecular weight is 132 g/mol. The molecule has 0 saturated carbocycles. The van der Waals surface area contributed by atoms with E-state index in [1.807, 2.05) is 13.8 Å². The molecular formula is C6H12NO2-. The molecule has 0 fully saturated rings. The lowest BCUT2D eigenvalue weighted by molar-refractivity contribution is -0.307. The molecule has 0 aromatic rings. The Kier molecular flexibility index (Phi) is 2.01. The van der Waals surface area contributed by atoms with Gasteiger partial charge in [0, 0.05) is 6.04 Å². The lowest BCUT2D eigenvalue weighted by Gasteiger charge is -2.13. The first kappa shape index (κ1) is 5.23. The fourth-order valence-corrected chi connectivity index (χ4v) is 0.543. The number of rotatable bonds is 4. The van der Waals surface area contributed by atoms with Gasteiger partial charge in [-0.05, 0) is 12.3 Å². The third-order valence-electron chi connectivity index (χ3n) is 0.967. The minimum Gasteiger partial charge on any atom is -0.548 e. The van der Waals surface area contributed by atoms with Crippen LogP contribution >= 0.6 is 0 Å². The van der Waals surface area contributed by atoms with E-state index in [1.165, 1.54) is 0 Å². The Morgan fingerprint density at radius 1 is 1.89 bits per heavy atom. The van der Waals surface area contributed by atoms with Crippen LogP contribution in [-0.2, 0) is 4.79 Å². The molecule has 9 heavy (non-hydrogen) atoms. The van der Waals surface area contributed by atoms with Gasteiger partial charge in [0.05, 0.1) is 5.97 Å². The quantitative estimate of drug-likeness (QED) is 0.539. The SMILES string of the molecule is [2H]N([2H])[C@@H](CC(C)C)C(=O)[O-]. The molecule has 3 heteroatoms. The molecule has 0 amide bonds.